The van der Waals surface area contributed by atoms with Gasteiger partial charge in [-0.15, -0.1) is 0 Å². The first kappa shape index (κ1) is 21.7. The number of nitrogens with zero attached hydrogens (tertiary/aromatic N) is 1. The van der Waals surface area contributed by atoms with Crippen LogP contribution in [0.25, 0.3) is 0 Å². The maximum absolute atomic E-state index is 12.0. The third-order valence-corrected chi connectivity index (χ3v) is 4.45. The van der Waals surface area contributed by atoms with Gasteiger partial charge in [0.2, 0.25) is 5.91 Å². The van der Waals surface area contributed by atoms with Crippen molar-refractivity contribution < 1.29 is 14.3 Å². The zero-order valence-corrected chi connectivity index (χ0v) is 17.0. The van der Waals surface area contributed by atoms with Crippen LogP contribution in [0.4, 0.5) is 10.5 Å². The van der Waals surface area contributed by atoms with Gasteiger partial charge in [0.1, 0.15) is 6.61 Å². The second-order valence-electron chi connectivity index (χ2n) is 6.43. The lowest BCUT2D eigenvalue weighted by atomic mass is 10.1. The maximum Gasteiger partial charge on any atom is 0.411 e. The number of ether oxygens (including phenoxy) is 1. The van der Waals surface area contributed by atoms with Crippen LogP contribution in [0, 0.1) is 0 Å². The fourth-order valence-electron chi connectivity index (χ4n) is 2.59. The molecule has 6 nitrogen and oxygen atoms in total. The minimum Gasteiger partial charge on any atom is -0.447 e. The summed E-state index contributed by atoms with van der Waals surface area (Å²) in [4.78, 5) is 25.6. The van der Waals surface area contributed by atoms with Crippen LogP contribution < -0.4 is 10.6 Å². The number of likely N-dealkylation sites (N-methyl/N-ethyl adjacent to an activating group) is 1. The zero-order chi connectivity index (χ0) is 20.4. The van der Waals surface area contributed by atoms with Gasteiger partial charge in [-0.25, -0.2) is 4.79 Å². The topological polar surface area (TPSA) is 70.7 Å². The molecule has 28 heavy (non-hydrogen) atoms. The molecule has 2 aromatic rings. The molecule has 0 aliphatic rings. The highest BCUT2D eigenvalue weighted by Crippen LogP contribution is 2.16. The molecule has 7 heteroatoms. The predicted octanol–water partition coefficient (Wildman–Crippen LogP) is 3.70. The minimum atomic E-state index is -0.547. The number of carbonyl (C=O) groups excluding carboxylic acids is 2. The lowest BCUT2D eigenvalue weighted by Crippen LogP contribution is -2.36. The molecule has 2 N–H and O–H groups in total. The van der Waals surface area contributed by atoms with Crippen molar-refractivity contribution >= 4 is 29.3 Å². The molecule has 0 fully saturated rings. The maximum atomic E-state index is 12.0. The second-order valence-corrected chi connectivity index (χ2v) is 6.83. The van der Waals surface area contributed by atoms with Gasteiger partial charge in [0.15, 0.2) is 0 Å². The summed E-state index contributed by atoms with van der Waals surface area (Å²) < 4.78 is 5.07. The lowest BCUT2D eigenvalue weighted by molar-refractivity contribution is -0.122. The van der Waals surface area contributed by atoms with E-state index in [0.717, 1.165) is 12.0 Å². The number of carbonyl (C=O) groups is 2. The number of hydrogen-bond acceptors (Lipinski definition) is 4. The number of rotatable bonds is 9. The third-order valence-electron chi connectivity index (χ3n) is 4.08. The van der Waals surface area contributed by atoms with E-state index in [2.05, 4.69) is 17.6 Å². The van der Waals surface area contributed by atoms with Crippen molar-refractivity contribution in [2.45, 2.75) is 19.9 Å². The Bertz CT molecular complexity index is 781. The van der Waals surface area contributed by atoms with E-state index < -0.39 is 6.09 Å². The van der Waals surface area contributed by atoms with Crippen LogP contribution in [-0.2, 0) is 22.5 Å². The molecule has 150 valence electrons. The second kappa shape index (κ2) is 11.3. The van der Waals surface area contributed by atoms with E-state index in [4.69, 9.17) is 16.3 Å². The molecule has 0 saturated carbocycles. The summed E-state index contributed by atoms with van der Waals surface area (Å²) in [5.74, 6) is -0.145. The van der Waals surface area contributed by atoms with E-state index in [1.807, 2.05) is 60.5 Å². The molecule has 0 atom stereocenters. The Balaban J connectivity index is 1.62. The van der Waals surface area contributed by atoms with Gasteiger partial charge in [-0.3, -0.25) is 15.0 Å². The first-order valence-corrected chi connectivity index (χ1v) is 9.57. The highest BCUT2D eigenvalue weighted by Gasteiger charge is 2.09. The number of anilines is 1. The van der Waals surface area contributed by atoms with Crippen LogP contribution in [0.15, 0.2) is 48.5 Å². The van der Waals surface area contributed by atoms with Crippen molar-refractivity contribution in [3.63, 3.8) is 0 Å². The van der Waals surface area contributed by atoms with Gasteiger partial charge in [-0.05, 0) is 42.8 Å². The molecular formula is C21H26ClN3O3. The van der Waals surface area contributed by atoms with Gasteiger partial charge in [0.25, 0.3) is 0 Å². The van der Waals surface area contributed by atoms with E-state index >= 15 is 0 Å². The molecule has 2 amide bonds. The van der Waals surface area contributed by atoms with Crippen molar-refractivity contribution in [2.24, 2.45) is 0 Å². The molecule has 0 aliphatic carbocycles. The van der Waals surface area contributed by atoms with Gasteiger partial charge in [0.05, 0.1) is 13.1 Å². The largest absolute Gasteiger partial charge is 0.447 e. The van der Waals surface area contributed by atoms with E-state index in [-0.39, 0.29) is 25.6 Å². The zero-order valence-electron chi connectivity index (χ0n) is 16.2. The fraction of sp³-hybridized carbons (Fsp3) is 0.333. The number of amides is 2. The summed E-state index contributed by atoms with van der Waals surface area (Å²) in [6.07, 6.45) is 0.396. The SMILES string of the molecule is CCc1ccc(NC(=O)OCCNC(=O)CN(C)Cc2ccccc2Cl)cc1. The van der Waals surface area contributed by atoms with Gasteiger partial charge < -0.3 is 10.1 Å². The average Bonchev–Trinajstić information content (AvgIpc) is 2.67. The average molecular weight is 404 g/mol. The summed E-state index contributed by atoms with van der Waals surface area (Å²) in [5.41, 5.74) is 2.83. The molecule has 0 spiro atoms. The fourth-order valence-corrected chi connectivity index (χ4v) is 2.78. The van der Waals surface area contributed by atoms with Crippen molar-refractivity contribution in [1.29, 1.82) is 0 Å². The van der Waals surface area contributed by atoms with Crippen LogP contribution in [0.5, 0.6) is 0 Å². The van der Waals surface area contributed by atoms with Crippen molar-refractivity contribution in [2.75, 3.05) is 32.1 Å². The molecule has 0 aliphatic heterocycles. The smallest absolute Gasteiger partial charge is 0.411 e. The van der Waals surface area contributed by atoms with Crippen molar-refractivity contribution in [3.8, 4) is 0 Å². The Morgan fingerprint density at radius 1 is 1.11 bits per heavy atom. The third kappa shape index (κ3) is 7.58. The van der Waals surface area contributed by atoms with Crippen molar-refractivity contribution in [3.05, 3.63) is 64.7 Å². The normalized spacial score (nSPS) is 10.6. The van der Waals surface area contributed by atoms with Crippen molar-refractivity contribution in [1.82, 2.24) is 10.2 Å². The molecule has 2 aromatic carbocycles. The lowest BCUT2D eigenvalue weighted by Gasteiger charge is -2.17. The van der Waals surface area contributed by atoms with Gasteiger partial charge in [-0.1, -0.05) is 48.9 Å². The van der Waals surface area contributed by atoms with Gasteiger partial charge in [0, 0.05) is 17.3 Å². The molecule has 0 unspecified atom stereocenters. The van der Waals surface area contributed by atoms with E-state index in [1.165, 1.54) is 5.56 Å². The number of hydrogen-bond donors (Lipinski definition) is 2. The van der Waals surface area contributed by atoms with Gasteiger partial charge in [-0.2, -0.15) is 0 Å². The van der Waals surface area contributed by atoms with Crippen LogP contribution in [0.2, 0.25) is 5.02 Å². The summed E-state index contributed by atoms with van der Waals surface area (Å²) in [7, 11) is 1.84. The summed E-state index contributed by atoms with van der Waals surface area (Å²) in [6, 6.07) is 15.1. The Labute approximate surface area is 170 Å². The highest BCUT2D eigenvalue weighted by molar-refractivity contribution is 6.31. The monoisotopic (exact) mass is 403 g/mol. The van der Waals surface area contributed by atoms with Gasteiger partial charge >= 0.3 is 6.09 Å². The Morgan fingerprint density at radius 3 is 2.50 bits per heavy atom. The summed E-state index contributed by atoms with van der Waals surface area (Å²) >= 11 is 6.13. The number of nitrogens with one attached hydrogen (secondary N) is 2. The highest BCUT2D eigenvalue weighted by atomic mass is 35.5. The van der Waals surface area contributed by atoms with E-state index in [0.29, 0.717) is 17.3 Å². The summed E-state index contributed by atoms with van der Waals surface area (Å²) in [5, 5.41) is 6.06. The van der Waals surface area contributed by atoms with Crippen LogP contribution in [0.3, 0.4) is 0 Å². The molecule has 0 heterocycles. The number of halogens is 1. The van der Waals surface area contributed by atoms with Crippen LogP contribution in [0.1, 0.15) is 18.1 Å². The molecule has 0 aromatic heterocycles. The van der Waals surface area contributed by atoms with Crippen LogP contribution >= 0.6 is 11.6 Å². The molecule has 0 saturated heterocycles. The minimum absolute atomic E-state index is 0.0961. The Morgan fingerprint density at radius 2 is 1.82 bits per heavy atom. The first-order chi connectivity index (χ1) is 13.5. The predicted molar refractivity (Wildman–Crippen MR) is 112 cm³/mol. The van der Waals surface area contributed by atoms with E-state index in [1.54, 1.807) is 0 Å². The number of benzene rings is 2. The standard InChI is InChI=1S/C21H26ClN3O3/c1-3-16-8-10-18(11-9-16)24-21(27)28-13-12-23-20(26)15-25(2)14-17-6-4-5-7-19(17)22/h4-11H,3,12-15H2,1-2H3,(H,23,26)(H,24,27). The molecule has 2 rings (SSSR count). The quantitative estimate of drug-likeness (QED) is 0.626. The number of aryl methyl sites for hydroxylation is 1. The summed E-state index contributed by atoms with van der Waals surface area (Å²) in [6.45, 7) is 3.21. The Kier molecular flexibility index (Phi) is 8.78. The molecule has 0 radical (unpaired) electrons. The Hall–Kier alpha value is -2.57. The molecule has 0 bridgehead atoms. The van der Waals surface area contributed by atoms with E-state index in [9.17, 15) is 9.59 Å². The van der Waals surface area contributed by atoms with Crippen LogP contribution in [-0.4, -0.2) is 43.6 Å². The first-order valence-electron chi connectivity index (χ1n) is 9.19. The molecular weight excluding hydrogens is 378 g/mol.